The Morgan fingerprint density at radius 1 is 1.29 bits per heavy atom. The number of nitrogens with two attached hydrogens (primary N) is 2. The van der Waals surface area contributed by atoms with E-state index in [0.717, 1.165) is 11.0 Å². The first-order valence-electron chi connectivity index (χ1n) is 7.83. The number of rotatable bonds is 4. The van der Waals surface area contributed by atoms with Crippen molar-refractivity contribution in [1.29, 1.82) is 0 Å². The fourth-order valence-corrected chi connectivity index (χ4v) is 2.23. The van der Waals surface area contributed by atoms with Crippen molar-refractivity contribution in [3.05, 3.63) is 23.3 Å². The molecule has 2 rings (SSSR count). The summed E-state index contributed by atoms with van der Waals surface area (Å²) in [5.41, 5.74) is 12.5. The number of pyridine rings is 1. The monoisotopic (exact) mass is 332 g/mol. The smallest absolute Gasteiger partial charge is 0.400 e. The molecule has 0 aromatic carbocycles. The SMILES string of the molecule is CC(=O)NCC(=Cc1cnc(N)c(N)c1)B1OC(C)(C)C(C)(C)O1. The number of carbonyl (C=O) groups is 1. The lowest BCUT2D eigenvalue weighted by Crippen LogP contribution is -2.41. The molecule has 8 heteroatoms. The van der Waals surface area contributed by atoms with E-state index in [4.69, 9.17) is 20.8 Å². The van der Waals surface area contributed by atoms with Crippen LogP contribution in [0.2, 0.25) is 0 Å². The van der Waals surface area contributed by atoms with Gasteiger partial charge in [0.25, 0.3) is 0 Å². The molecule has 0 bridgehead atoms. The Morgan fingerprint density at radius 2 is 1.88 bits per heavy atom. The van der Waals surface area contributed by atoms with Crippen LogP contribution in [0.4, 0.5) is 11.5 Å². The number of nitrogens with zero attached hydrogens (tertiary/aromatic N) is 1. The van der Waals surface area contributed by atoms with Crippen LogP contribution in [-0.4, -0.2) is 35.8 Å². The quantitative estimate of drug-likeness (QED) is 0.719. The molecule has 2 heterocycles. The third-order valence-electron chi connectivity index (χ3n) is 4.42. The van der Waals surface area contributed by atoms with E-state index in [-0.39, 0.29) is 11.7 Å². The second kappa shape index (κ2) is 6.45. The van der Waals surface area contributed by atoms with Gasteiger partial charge in [-0.15, -0.1) is 0 Å². The molecule has 1 aromatic heterocycles. The second-order valence-electron chi connectivity index (χ2n) is 6.96. The summed E-state index contributed by atoms with van der Waals surface area (Å²) < 4.78 is 12.1. The molecule has 0 atom stereocenters. The second-order valence-corrected chi connectivity index (χ2v) is 6.96. The van der Waals surface area contributed by atoms with Gasteiger partial charge < -0.3 is 26.1 Å². The predicted molar refractivity (Wildman–Crippen MR) is 95.8 cm³/mol. The number of nitrogens with one attached hydrogen (secondary N) is 1. The molecule has 1 aliphatic heterocycles. The minimum absolute atomic E-state index is 0.132. The molecule has 1 aromatic rings. The molecular weight excluding hydrogens is 307 g/mol. The lowest BCUT2D eigenvalue weighted by Gasteiger charge is -2.32. The van der Waals surface area contributed by atoms with E-state index in [2.05, 4.69) is 10.3 Å². The molecule has 5 N–H and O–H groups in total. The van der Waals surface area contributed by atoms with Crippen LogP contribution >= 0.6 is 0 Å². The number of hydrogen-bond donors (Lipinski definition) is 3. The van der Waals surface area contributed by atoms with Crippen molar-refractivity contribution in [2.75, 3.05) is 18.0 Å². The van der Waals surface area contributed by atoms with Crippen LogP contribution in [0, 0.1) is 0 Å². The van der Waals surface area contributed by atoms with Gasteiger partial charge in [-0.3, -0.25) is 4.79 Å². The van der Waals surface area contributed by atoms with E-state index < -0.39 is 18.3 Å². The van der Waals surface area contributed by atoms with E-state index in [0.29, 0.717) is 12.2 Å². The average molecular weight is 332 g/mol. The van der Waals surface area contributed by atoms with Crippen molar-refractivity contribution >= 4 is 30.6 Å². The maximum atomic E-state index is 11.3. The van der Waals surface area contributed by atoms with E-state index in [1.54, 1.807) is 12.3 Å². The molecule has 1 saturated heterocycles. The number of carbonyl (C=O) groups excluding carboxylic acids is 1. The highest BCUT2D eigenvalue weighted by Gasteiger charge is 2.52. The Kier molecular flexibility index (Phi) is 4.91. The zero-order valence-corrected chi connectivity index (χ0v) is 14.8. The van der Waals surface area contributed by atoms with Crippen molar-refractivity contribution in [3.8, 4) is 0 Å². The largest absolute Gasteiger partial charge is 0.492 e. The molecule has 1 fully saturated rings. The van der Waals surface area contributed by atoms with E-state index in [1.807, 2.05) is 33.8 Å². The summed E-state index contributed by atoms with van der Waals surface area (Å²) in [7, 11) is -0.569. The summed E-state index contributed by atoms with van der Waals surface area (Å²) in [5.74, 6) is 0.151. The topological polar surface area (TPSA) is 112 Å². The highest BCUT2D eigenvalue weighted by Crippen LogP contribution is 2.38. The van der Waals surface area contributed by atoms with Crippen molar-refractivity contribution in [2.45, 2.75) is 45.8 Å². The fraction of sp³-hybridized carbons (Fsp3) is 0.500. The van der Waals surface area contributed by atoms with Gasteiger partial charge in [-0.05, 0) is 44.8 Å². The molecule has 0 unspecified atom stereocenters. The first kappa shape index (κ1) is 18.3. The van der Waals surface area contributed by atoms with Gasteiger partial charge in [-0.25, -0.2) is 4.98 Å². The lowest BCUT2D eigenvalue weighted by atomic mass is 9.77. The van der Waals surface area contributed by atoms with Crippen LogP contribution in [-0.2, 0) is 14.1 Å². The Hall–Kier alpha value is -2.06. The molecule has 1 amide bonds. The van der Waals surface area contributed by atoms with Gasteiger partial charge in [0.15, 0.2) is 0 Å². The lowest BCUT2D eigenvalue weighted by molar-refractivity contribution is -0.118. The van der Waals surface area contributed by atoms with E-state index >= 15 is 0 Å². The van der Waals surface area contributed by atoms with Gasteiger partial charge in [0.1, 0.15) is 5.82 Å². The molecule has 7 nitrogen and oxygen atoms in total. The van der Waals surface area contributed by atoms with Crippen LogP contribution in [0.3, 0.4) is 0 Å². The molecule has 0 saturated carbocycles. The Morgan fingerprint density at radius 3 is 2.38 bits per heavy atom. The Balaban J connectivity index is 2.33. The van der Waals surface area contributed by atoms with Crippen LogP contribution in [0.5, 0.6) is 0 Å². The van der Waals surface area contributed by atoms with Gasteiger partial charge in [-0.2, -0.15) is 0 Å². The molecule has 0 radical (unpaired) electrons. The molecular formula is C16H25BN4O3. The summed E-state index contributed by atoms with van der Waals surface area (Å²) in [6, 6.07) is 1.72. The predicted octanol–water partition coefficient (Wildman–Crippen LogP) is 1.40. The summed E-state index contributed by atoms with van der Waals surface area (Å²) in [6.07, 6.45) is 3.46. The average Bonchev–Trinajstić information content (AvgIpc) is 2.67. The zero-order chi connectivity index (χ0) is 18.1. The van der Waals surface area contributed by atoms with Crippen LogP contribution in [0.1, 0.15) is 40.2 Å². The van der Waals surface area contributed by atoms with Crippen LogP contribution in [0.25, 0.3) is 6.08 Å². The minimum atomic E-state index is -0.569. The van der Waals surface area contributed by atoms with Crippen LogP contribution in [0.15, 0.2) is 17.7 Å². The standard InChI is InChI=1S/C16H25BN4O3/c1-10(22)20-9-12(6-11-7-13(18)14(19)21-8-11)17-23-15(2,3)16(4,5)24-17/h6-8H,9,18H2,1-5H3,(H2,19,21)(H,20,22). The van der Waals surface area contributed by atoms with Gasteiger partial charge in [0.05, 0.1) is 16.9 Å². The summed E-state index contributed by atoms with van der Waals surface area (Å²) in [4.78, 5) is 15.4. The first-order valence-corrected chi connectivity index (χ1v) is 7.83. The summed E-state index contributed by atoms with van der Waals surface area (Å²) >= 11 is 0. The first-order chi connectivity index (χ1) is 11.0. The fourth-order valence-electron chi connectivity index (χ4n) is 2.23. The van der Waals surface area contributed by atoms with Gasteiger partial charge >= 0.3 is 7.12 Å². The molecule has 24 heavy (non-hydrogen) atoms. The normalized spacial score (nSPS) is 19.4. The summed E-state index contributed by atoms with van der Waals surface area (Å²) in [5, 5.41) is 2.78. The van der Waals surface area contributed by atoms with E-state index in [1.165, 1.54) is 6.92 Å². The van der Waals surface area contributed by atoms with Gasteiger partial charge in [-0.1, -0.05) is 6.08 Å². The number of hydrogen-bond acceptors (Lipinski definition) is 6. The number of anilines is 2. The highest BCUT2D eigenvalue weighted by molar-refractivity contribution is 6.56. The van der Waals surface area contributed by atoms with Crippen molar-refractivity contribution in [3.63, 3.8) is 0 Å². The number of nitrogen functional groups attached to an aromatic ring is 2. The highest BCUT2D eigenvalue weighted by atomic mass is 16.7. The summed E-state index contributed by atoms with van der Waals surface area (Å²) in [6.45, 7) is 9.68. The Bertz CT molecular complexity index is 657. The maximum absolute atomic E-state index is 11.3. The van der Waals surface area contributed by atoms with Gasteiger partial charge in [0, 0.05) is 19.7 Å². The van der Waals surface area contributed by atoms with Crippen molar-refractivity contribution in [1.82, 2.24) is 10.3 Å². The van der Waals surface area contributed by atoms with E-state index in [9.17, 15) is 4.79 Å². The number of aromatic nitrogens is 1. The zero-order valence-electron chi connectivity index (χ0n) is 14.8. The maximum Gasteiger partial charge on any atom is 0.492 e. The van der Waals surface area contributed by atoms with Crippen molar-refractivity contribution in [2.24, 2.45) is 0 Å². The molecule has 0 aliphatic carbocycles. The molecule has 130 valence electrons. The van der Waals surface area contributed by atoms with Gasteiger partial charge in [0.2, 0.25) is 5.91 Å². The molecule has 0 spiro atoms. The Labute approximate surface area is 142 Å². The third-order valence-corrected chi connectivity index (χ3v) is 4.42. The minimum Gasteiger partial charge on any atom is -0.400 e. The third kappa shape index (κ3) is 3.88. The van der Waals surface area contributed by atoms with Crippen molar-refractivity contribution < 1.29 is 14.1 Å². The number of amides is 1. The molecule has 1 aliphatic rings. The van der Waals surface area contributed by atoms with Crippen LogP contribution < -0.4 is 16.8 Å².